The van der Waals surface area contributed by atoms with Crippen molar-refractivity contribution >= 4 is 30.0 Å². The van der Waals surface area contributed by atoms with Crippen LogP contribution in [0.15, 0.2) is 42.5 Å². The van der Waals surface area contributed by atoms with Gasteiger partial charge in [0.25, 0.3) is 0 Å². The second-order valence-electron chi connectivity index (χ2n) is 4.76. The van der Waals surface area contributed by atoms with E-state index in [0.717, 1.165) is 5.56 Å². The van der Waals surface area contributed by atoms with Crippen molar-refractivity contribution in [3.05, 3.63) is 48.0 Å². The number of methoxy groups -OCH3 is 1. The van der Waals surface area contributed by atoms with Crippen LogP contribution in [0.25, 0.3) is 0 Å². The fraction of sp³-hybridized carbons (Fsp3) is 0.133. The van der Waals surface area contributed by atoms with Crippen molar-refractivity contribution in [3.63, 3.8) is 0 Å². The van der Waals surface area contributed by atoms with Gasteiger partial charge in [0.05, 0.1) is 7.11 Å². The Morgan fingerprint density at radius 1 is 1.14 bits per heavy atom. The minimum absolute atomic E-state index is 0.304. The van der Waals surface area contributed by atoms with Crippen molar-refractivity contribution in [2.24, 2.45) is 0 Å². The van der Waals surface area contributed by atoms with Gasteiger partial charge in [0.2, 0.25) is 0 Å². The van der Waals surface area contributed by atoms with Crippen LogP contribution in [0.5, 0.6) is 5.75 Å². The predicted octanol–water partition coefficient (Wildman–Crippen LogP) is 1.33. The van der Waals surface area contributed by atoms with Gasteiger partial charge in [-0.1, -0.05) is 12.1 Å². The molecule has 0 spiro atoms. The quantitative estimate of drug-likeness (QED) is 0.641. The molecular formula is C15H17BN2O4. The van der Waals surface area contributed by atoms with E-state index >= 15 is 0 Å². The lowest BCUT2D eigenvalue weighted by Gasteiger charge is -2.11. The van der Waals surface area contributed by atoms with Crippen LogP contribution in [0, 0.1) is 6.92 Å². The largest absolute Gasteiger partial charge is 0.497 e. The van der Waals surface area contributed by atoms with E-state index in [1.807, 2.05) is 13.0 Å². The topological polar surface area (TPSA) is 90.8 Å². The van der Waals surface area contributed by atoms with Gasteiger partial charge in [0, 0.05) is 11.4 Å². The van der Waals surface area contributed by atoms with E-state index in [-0.39, 0.29) is 0 Å². The molecule has 2 aromatic carbocycles. The number of aryl methyl sites for hydroxylation is 1. The number of carbonyl (C=O) groups excluding carboxylic acids is 1. The molecule has 0 saturated heterocycles. The molecule has 2 aromatic rings. The van der Waals surface area contributed by atoms with Gasteiger partial charge in [-0.3, -0.25) is 0 Å². The minimum atomic E-state index is -1.58. The minimum Gasteiger partial charge on any atom is -0.497 e. The third-order valence-corrected chi connectivity index (χ3v) is 3.12. The van der Waals surface area contributed by atoms with Crippen molar-refractivity contribution in [1.29, 1.82) is 0 Å². The van der Waals surface area contributed by atoms with Gasteiger partial charge in [0.1, 0.15) is 5.75 Å². The van der Waals surface area contributed by atoms with Crippen molar-refractivity contribution in [2.75, 3.05) is 17.7 Å². The van der Waals surface area contributed by atoms with Gasteiger partial charge in [0.15, 0.2) is 0 Å². The maximum absolute atomic E-state index is 12.0. The molecule has 0 radical (unpaired) electrons. The van der Waals surface area contributed by atoms with Crippen LogP contribution in [0.2, 0.25) is 0 Å². The summed E-state index contributed by atoms with van der Waals surface area (Å²) in [7, 11) is 0.00518. The zero-order chi connectivity index (χ0) is 16.1. The van der Waals surface area contributed by atoms with Gasteiger partial charge in [-0.25, -0.2) is 4.79 Å². The van der Waals surface area contributed by atoms with E-state index in [9.17, 15) is 4.79 Å². The SMILES string of the molecule is COc1ccc(NC(=O)Nc2cccc(B(O)O)c2)c(C)c1. The van der Waals surface area contributed by atoms with Gasteiger partial charge in [-0.2, -0.15) is 0 Å². The first-order valence-corrected chi connectivity index (χ1v) is 6.68. The van der Waals surface area contributed by atoms with Crippen molar-refractivity contribution in [2.45, 2.75) is 6.92 Å². The number of anilines is 2. The molecule has 0 aliphatic rings. The molecule has 4 N–H and O–H groups in total. The molecule has 0 saturated carbocycles. The lowest BCUT2D eigenvalue weighted by molar-refractivity contribution is 0.262. The standard InChI is InChI=1S/C15H17BN2O4/c1-10-8-13(22-2)6-7-14(10)18-15(19)17-12-5-3-4-11(9-12)16(20)21/h3-9,20-21H,1-2H3,(H2,17,18,19). The molecule has 0 unspecified atom stereocenters. The highest BCUT2D eigenvalue weighted by Crippen LogP contribution is 2.21. The summed E-state index contributed by atoms with van der Waals surface area (Å²) in [6.45, 7) is 1.86. The van der Waals surface area contributed by atoms with E-state index in [2.05, 4.69) is 10.6 Å². The third kappa shape index (κ3) is 4.00. The summed E-state index contributed by atoms with van der Waals surface area (Å²) in [6.07, 6.45) is 0. The average Bonchev–Trinajstić information content (AvgIpc) is 2.49. The molecule has 0 aliphatic heterocycles. The summed E-state index contributed by atoms with van der Waals surface area (Å²) in [5.41, 5.74) is 2.30. The molecule has 0 aliphatic carbocycles. The normalized spacial score (nSPS) is 10.0. The van der Waals surface area contributed by atoms with Gasteiger partial charge < -0.3 is 25.4 Å². The summed E-state index contributed by atoms with van der Waals surface area (Å²) in [5, 5.41) is 23.6. The number of hydrogen-bond acceptors (Lipinski definition) is 4. The van der Waals surface area contributed by atoms with Crippen LogP contribution in [0.1, 0.15) is 5.56 Å². The number of hydrogen-bond donors (Lipinski definition) is 4. The number of rotatable bonds is 4. The number of carbonyl (C=O) groups is 1. The van der Waals surface area contributed by atoms with Gasteiger partial charge in [-0.15, -0.1) is 0 Å². The monoisotopic (exact) mass is 300 g/mol. The fourth-order valence-electron chi connectivity index (χ4n) is 1.97. The predicted molar refractivity (Wildman–Crippen MR) is 86.6 cm³/mol. The van der Waals surface area contributed by atoms with Crippen LogP contribution < -0.4 is 20.8 Å². The summed E-state index contributed by atoms with van der Waals surface area (Å²) in [5.74, 6) is 0.716. The Kier molecular flexibility index (Phi) is 5.03. The second kappa shape index (κ2) is 6.97. The second-order valence-corrected chi connectivity index (χ2v) is 4.76. The lowest BCUT2D eigenvalue weighted by Crippen LogP contribution is -2.30. The van der Waals surface area contributed by atoms with Gasteiger partial charge in [-0.05, 0) is 48.3 Å². The third-order valence-electron chi connectivity index (χ3n) is 3.12. The number of amides is 2. The Bertz CT molecular complexity index is 676. The molecule has 0 heterocycles. The molecule has 0 bridgehead atoms. The summed E-state index contributed by atoms with van der Waals surface area (Å²) >= 11 is 0. The fourth-order valence-corrected chi connectivity index (χ4v) is 1.97. The molecule has 0 atom stereocenters. The summed E-state index contributed by atoms with van der Waals surface area (Å²) < 4.78 is 5.11. The van der Waals surface area contributed by atoms with E-state index < -0.39 is 13.1 Å². The number of ether oxygens (including phenoxy) is 1. The Labute approximate surface area is 128 Å². The molecule has 114 valence electrons. The maximum Gasteiger partial charge on any atom is 0.488 e. The van der Waals surface area contributed by atoms with Crippen molar-refractivity contribution in [1.82, 2.24) is 0 Å². The first-order chi connectivity index (χ1) is 10.5. The molecule has 22 heavy (non-hydrogen) atoms. The van der Waals surface area contributed by atoms with Crippen LogP contribution in [-0.2, 0) is 0 Å². The Morgan fingerprint density at radius 2 is 1.91 bits per heavy atom. The molecule has 7 heteroatoms. The van der Waals surface area contributed by atoms with Crippen LogP contribution in [0.3, 0.4) is 0 Å². The first-order valence-electron chi connectivity index (χ1n) is 6.68. The van der Waals surface area contributed by atoms with E-state index in [0.29, 0.717) is 22.6 Å². The molecule has 6 nitrogen and oxygen atoms in total. The number of benzene rings is 2. The highest BCUT2D eigenvalue weighted by molar-refractivity contribution is 6.58. The zero-order valence-corrected chi connectivity index (χ0v) is 12.3. The van der Waals surface area contributed by atoms with E-state index in [1.54, 1.807) is 37.4 Å². The van der Waals surface area contributed by atoms with Crippen molar-refractivity contribution in [3.8, 4) is 5.75 Å². The smallest absolute Gasteiger partial charge is 0.488 e. The van der Waals surface area contributed by atoms with Crippen molar-refractivity contribution < 1.29 is 19.6 Å². The van der Waals surface area contributed by atoms with Gasteiger partial charge >= 0.3 is 13.1 Å². The Morgan fingerprint density at radius 3 is 2.55 bits per heavy atom. The average molecular weight is 300 g/mol. The zero-order valence-electron chi connectivity index (χ0n) is 12.3. The van der Waals surface area contributed by atoms with E-state index in [1.165, 1.54) is 6.07 Å². The molecule has 0 fully saturated rings. The molecular weight excluding hydrogens is 283 g/mol. The maximum atomic E-state index is 12.0. The number of urea groups is 1. The van der Waals surface area contributed by atoms with Crippen LogP contribution >= 0.6 is 0 Å². The molecule has 2 amide bonds. The highest BCUT2D eigenvalue weighted by Gasteiger charge is 2.12. The molecule has 0 aromatic heterocycles. The number of nitrogens with one attached hydrogen (secondary N) is 2. The highest BCUT2D eigenvalue weighted by atomic mass is 16.5. The Balaban J connectivity index is 2.05. The Hall–Kier alpha value is -2.51. The first kappa shape index (κ1) is 15.9. The molecule has 2 rings (SSSR count). The summed E-state index contributed by atoms with van der Waals surface area (Å²) in [6, 6.07) is 11.2. The lowest BCUT2D eigenvalue weighted by atomic mass is 9.80. The van der Waals surface area contributed by atoms with Crippen LogP contribution in [-0.4, -0.2) is 30.3 Å². The van der Waals surface area contributed by atoms with E-state index in [4.69, 9.17) is 14.8 Å². The van der Waals surface area contributed by atoms with Crippen LogP contribution in [0.4, 0.5) is 16.2 Å². The summed E-state index contributed by atoms with van der Waals surface area (Å²) in [4.78, 5) is 12.0.